The van der Waals surface area contributed by atoms with Crippen LogP contribution in [0, 0.1) is 11.2 Å². The predicted molar refractivity (Wildman–Crippen MR) is 132 cm³/mol. The number of amides is 3. The van der Waals surface area contributed by atoms with Gasteiger partial charge in [-0.05, 0) is 49.6 Å². The Morgan fingerprint density at radius 3 is 2.54 bits per heavy atom. The van der Waals surface area contributed by atoms with Crippen molar-refractivity contribution in [2.75, 3.05) is 20.1 Å². The number of likely N-dealkylation sites (tertiary alicyclic amines) is 2. The molecular formula is C26H36FN5O3. The molecule has 3 N–H and O–H groups in total. The average molecular weight is 486 g/mol. The number of carbonyl (C=O) groups is 3. The van der Waals surface area contributed by atoms with E-state index in [1.54, 1.807) is 27.0 Å². The van der Waals surface area contributed by atoms with Crippen LogP contribution in [-0.2, 0) is 14.4 Å². The molecule has 0 bridgehead atoms. The van der Waals surface area contributed by atoms with Gasteiger partial charge in [0.05, 0.1) is 18.1 Å². The molecular weight excluding hydrogens is 449 g/mol. The first-order valence-corrected chi connectivity index (χ1v) is 12.3. The molecule has 2 saturated heterocycles. The van der Waals surface area contributed by atoms with Crippen LogP contribution in [0.5, 0.6) is 0 Å². The van der Waals surface area contributed by atoms with Crippen LogP contribution in [-0.4, -0.2) is 76.8 Å². The molecule has 5 atom stereocenters. The van der Waals surface area contributed by atoms with E-state index in [2.05, 4.69) is 15.6 Å². The highest BCUT2D eigenvalue weighted by atomic mass is 19.1. The maximum absolute atomic E-state index is 14.0. The lowest BCUT2D eigenvalue weighted by Crippen LogP contribution is -2.59. The first-order valence-electron chi connectivity index (χ1n) is 12.3. The molecule has 4 rings (SSSR count). The Balaban J connectivity index is 1.70. The minimum atomic E-state index is -0.714. The van der Waals surface area contributed by atoms with Gasteiger partial charge in [-0.1, -0.05) is 20.8 Å². The van der Waals surface area contributed by atoms with Gasteiger partial charge in [0, 0.05) is 43.0 Å². The van der Waals surface area contributed by atoms with Crippen molar-refractivity contribution < 1.29 is 18.8 Å². The van der Waals surface area contributed by atoms with Gasteiger partial charge in [0.1, 0.15) is 11.9 Å². The van der Waals surface area contributed by atoms with Gasteiger partial charge in [-0.2, -0.15) is 0 Å². The number of hydrogen-bond acceptors (Lipinski definition) is 4. The third-order valence-corrected chi connectivity index (χ3v) is 7.61. The maximum Gasteiger partial charge on any atom is 0.246 e. The number of nitrogens with one attached hydrogen (secondary N) is 3. The summed E-state index contributed by atoms with van der Waals surface area (Å²) in [7, 11) is 1.70. The zero-order chi connectivity index (χ0) is 25.7. The lowest BCUT2D eigenvalue weighted by molar-refractivity contribution is -0.141. The summed E-state index contributed by atoms with van der Waals surface area (Å²) in [4.78, 5) is 46.1. The summed E-state index contributed by atoms with van der Waals surface area (Å²) in [5.74, 6) is -0.836. The fraction of sp³-hybridized carbons (Fsp3) is 0.577. The molecule has 1 aromatic carbocycles. The van der Waals surface area contributed by atoms with Crippen molar-refractivity contribution >= 4 is 28.6 Å². The number of nitrogens with zero attached hydrogens (tertiary/aromatic N) is 2. The second kappa shape index (κ2) is 9.26. The van der Waals surface area contributed by atoms with Crippen LogP contribution in [0.2, 0.25) is 0 Å². The number of halogens is 1. The molecule has 0 aliphatic carbocycles. The first-order chi connectivity index (χ1) is 16.4. The van der Waals surface area contributed by atoms with E-state index in [0.29, 0.717) is 25.0 Å². The number of fused-ring (bicyclic) bond motifs is 2. The predicted octanol–water partition coefficient (Wildman–Crippen LogP) is 2.36. The second-order valence-corrected chi connectivity index (χ2v) is 10.9. The van der Waals surface area contributed by atoms with Crippen molar-refractivity contribution in [1.29, 1.82) is 0 Å². The first kappa shape index (κ1) is 25.2. The monoisotopic (exact) mass is 485 g/mol. The molecule has 9 heteroatoms. The second-order valence-electron chi connectivity index (χ2n) is 10.9. The van der Waals surface area contributed by atoms with Gasteiger partial charge in [0.15, 0.2) is 0 Å². The Hall–Kier alpha value is -2.94. The number of benzene rings is 1. The van der Waals surface area contributed by atoms with Crippen molar-refractivity contribution in [1.82, 2.24) is 25.4 Å². The molecule has 2 aromatic rings. The van der Waals surface area contributed by atoms with E-state index >= 15 is 0 Å². The SMILES string of the molecule is CNC(C)C(=O)NC(C(=O)N1CCC2C1C(c1c[nH]c3cc(F)ccc13)CN2C(C)=O)C(C)(C)C. The molecule has 0 spiro atoms. The van der Waals surface area contributed by atoms with Crippen LogP contribution in [0.4, 0.5) is 4.39 Å². The Bertz CT molecular complexity index is 1140. The van der Waals surface area contributed by atoms with Gasteiger partial charge in [-0.3, -0.25) is 14.4 Å². The van der Waals surface area contributed by atoms with E-state index in [-0.39, 0.29) is 41.5 Å². The van der Waals surface area contributed by atoms with Gasteiger partial charge >= 0.3 is 0 Å². The molecule has 8 nitrogen and oxygen atoms in total. The van der Waals surface area contributed by atoms with Gasteiger partial charge in [-0.15, -0.1) is 0 Å². The quantitative estimate of drug-likeness (QED) is 0.606. The van der Waals surface area contributed by atoms with Gasteiger partial charge in [0.25, 0.3) is 0 Å². The Morgan fingerprint density at radius 2 is 1.91 bits per heavy atom. The number of carbonyl (C=O) groups excluding carboxylic acids is 3. The van der Waals surface area contributed by atoms with Crippen LogP contribution in [0.3, 0.4) is 0 Å². The molecule has 2 aliphatic heterocycles. The number of aromatic amines is 1. The van der Waals surface area contributed by atoms with Gasteiger partial charge < -0.3 is 25.4 Å². The largest absolute Gasteiger partial charge is 0.361 e. The zero-order valence-electron chi connectivity index (χ0n) is 21.3. The molecule has 5 unspecified atom stereocenters. The van der Waals surface area contributed by atoms with Crippen molar-refractivity contribution in [2.24, 2.45) is 5.41 Å². The fourth-order valence-corrected chi connectivity index (χ4v) is 5.62. The van der Waals surface area contributed by atoms with Crippen molar-refractivity contribution in [2.45, 2.75) is 71.1 Å². The molecule has 3 amide bonds. The summed E-state index contributed by atoms with van der Waals surface area (Å²) >= 11 is 0. The van der Waals surface area contributed by atoms with Gasteiger partial charge in [0.2, 0.25) is 17.7 Å². The number of H-pyrrole nitrogens is 1. The Morgan fingerprint density at radius 1 is 1.20 bits per heavy atom. The molecule has 35 heavy (non-hydrogen) atoms. The third kappa shape index (κ3) is 4.53. The molecule has 3 heterocycles. The number of aromatic nitrogens is 1. The molecule has 190 valence electrons. The summed E-state index contributed by atoms with van der Waals surface area (Å²) in [5, 5.41) is 6.78. The van der Waals surface area contributed by atoms with Crippen LogP contribution in [0.25, 0.3) is 10.9 Å². The number of likely N-dealkylation sites (N-methyl/N-ethyl adjacent to an activating group) is 1. The summed E-state index contributed by atoms with van der Waals surface area (Å²) in [5.41, 5.74) is 1.15. The van der Waals surface area contributed by atoms with Crippen molar-refractivity contribution in [3.05, 3.63) is 35.8 Å². The van der Waals surface area contributed by atoms with Crippen LogP contribution in [0.1, 0.15) is 52.5 Å². The number of hydrogen-bond donors (Lipinski definition) is 3. The summed E-state index contributed by atoms with van der Waals surface area (Å²) in [6, 6.07) is 3.17. The minimum absolute atomic E-state index is 0.0220. The molecule has 2 fully saturated rings. The van der Waals surface area contributed by atoms with E-state index in [9.17, 15) is 18.8 Å². The van der Waals surface area contributed by atoms with E-state index in [1.165, 1.54) is 12.1 Å². The fourth-order valence-electron chi connectivity index (χ4n) is 5.62. The normalized spacial score (nSPS) is 23.9. The maximum atomic E-state index is 14.0. The number of rotatable bonds is 5. The minimum Gasteiger partial charge on any atom is -0.361 e. The smallest absolute Gasteiger partial charge is 0.246 e. The Kier molecular flexibility index (Phi) is 6.66. The summed E-state index contributed by atoms with van der Waals surface area (Å²) in [6.07, 6.45) is 2.55. The highest BCUT2D eigenvalue weighted by Crippen LogP contribution is 2.43. The van der Waals surface area contributed by atoms with E-state index < -0.39 is 17.5 Å². The summed E-state index contributed by atoms with van der Waals surface area (Å²) in [6.45, 7) is 10.1. The standard InChI is InChI=1S/C26H36FN5O3/c1-14(28-6)24(34)30-23(26(3,4)5)25(35)31-10-9-21-22(31)19(13-32(21)15(2)33)18-12-29-20-11-16(27)7-8-17(18)20/h7-8,11-12,14,19,21-23,28-29H,9-10,13H2,1-6H3,(H,30,34). The lowest BCUT2D eigenvalue weighted by Gasteiger charge is -2.37. The van der Waals surface area contributed by atoms with E-state index in [1.807, 2.05) is 36.8 Å². The molecule has 0 saturated carbocycles. The third-order valence-electron chi connectivity index (χ3n) is 7.61. The van der Waals surface area contributed by atoms with Gasteiger partial charge in [-0.25, -0.2) is 4.39 Å². The van der Waals surface area contributed by atoms with Crippen LogP contribution >= 0.6 is 0 Å². The lowest BCUT2D eigenvalue weighted by atomic mass is 9.84. The zero-order valence-corrected chi connectivity index (χ0v) is 21.3. The van der Waals surface area contributed by atoms with Crippen LogP contribution in [0.15, 0.2) is 24.4 Å². The highest BCUT2D eigenvalue weighted by Gasteiger charge is 2.53. The van der Waals surface area contributed by atoms with Crippen molar-refractivity contribution in [3.8, 4) is 0 Å². The van der Waals surface area contributed by atoms with E-state index in [4.69, 9.17) is 0 Å². The highest BCUT2D eigenvalue weighted by molar-refractivity contribution is 5.91. The average Bonchev–Trinajstić information content (AvgIpc) is 3.48. The van der Waals surface area contributed by atoms with E-state index in [0.717, 1.165) is 10.9 Å². The topological polar surface area (TPSA) is 97.5 Å². The summed E-state index contributed by atoms with van der Waals surface area (Å²) < 4.78 is 13.8. The molecule has 2 aliphatic rings. The van der Waals surface area contributed by atoms with Crippen LogP contribution < -0.4 is 10.6 Å². The Labute approximate surface area is 205 Å². The molecule has 0 radical (unpaired) electrons. The van der Waals surface area contributed by atoms with Crippen molar-refractivity contribution in [3.63, 3.8) is 0 Å². The molecule has 1 aromatic heterocycles.